The maximum atomic E-state index is 14.2. The van der Waals surface area contributed by atoms with E-state index in [9.17, 15) is 29.7 Å². The van der Waals surface area contributed by atoms with Crippen LogP contribution in [0.25, 0.3) is 0 Å². The lowest BCUT2D eigenvalue weighted by Crippen LogP contribution is -2.15. The Hall–Kier alpha value is -3.66. The molecule has 3 rings (SSSR count). The second-order valence-corrected chi connectivity index (χ2v) is 7.44. The fourth-order valence-electron chi connectivity index (χ4n) is 2.70. The van der Waals surface area contributed by atoms with E-state index in [1.54, 1.807) is 17.3 Å². The Kier molecular flexibility index (Phi) is 6.17. The smallest absolute Gasteiger partial charge is 0.315 e. The average Bonchev–Trinajstić information content (AvgIpc) is 2.71. The Bertz CT molecular complexity index is 1110. The first-order chi connectivity index (χ1) is 14.3. The number of nitrogens with zero attached hydrogens (tertiary/aromatic N) is 3. The monoisotopic (exact) mass is 429 g/mol. The summed E-state index contributed by atoms with van der Waals surface area (Å²) in [7, 11) is 0. The van der Waals surface area contributed by atoms with Crippen LogP contribution in [-0.4, -0.2) is 15.0 Å². The van der Waals surface area contributed by atoms with E-state index >= 15 is 0 Å². The van der Waals surface area contributed by atoms with E-state index in [4.69, 9.17) is 0 Å². The van der Waals surface area contributed by atoms with Crippen LogP contribution in [0, 0.1) is 33.0 Å². The van der Waals surface area contributed by atoms with Crippen LogP contribution in [0.3, 0.4) is 0 Å². The van der Waals surface area contributed by atoms with Gasteiger partial charge in [-0.05, 0) is 30.0 Å². The van der Waals surface area contributed by atoms with Crippen molar-refractivity contribution in [2.75, 3.05) is 4.31 Å². The Balaban J connectivity index is 2.07. The fraction of sp³-hybridized carbons (Fsp3) is 0.100. The molecular weight excluding hydrogens is 413 g/mol. The molecular formula is C20H16FN3O5S. The van der Waals surface area contributed by atoms with Crippen molar-refractivity contribution in [2.24, 2.45) is 0 Å². The summed E-state index contributed by atoms with van der Waals surface area (Å²) < 4.78 is 15.8. The van der Waals surface area contributed by atoms with E-state index < -0.39 is 27.1 Å². The van der Waals surface area contributed by atoms with Crippen LogP contribution in [0.4, 0.5) is 21.5 Å². The largest absolute Gasteiger partial charge is 0.500 e. The molecule has 0 unspecified atom stereocenters. The summed E-state index contributed by atoms with van der Waals surface area (Å²) in [4.78, 5) is 21.5. The quantitative estimate of drug-likeness (QED) is 0.305. The van der Waals surface area contributed by atoms with Crippen LogP contribution >= 0.6 is 11.9 Å². The molecule has 0 spiro atoms. The van der Waals surface area contributed by atoms with Gasteiger partial charge >= 0.3 is 5.69 Å². The molecule has 154 valence electrons. The minimum Gasteiger partial charge on any atom is -0.500 e. The van der Waals surface area contributed by atoms with Crippen molar-refractivity contribution < 1.29 is 19.3 Å². The number of phenolic OH excluding ortho intramolecular Hbond substituents is 1. The SMILES string of the molecule is Cc1ccc([N+](=O)[O-])cc1SN(Cc1ccccc1)c1cc(F)c(O)c([N+](=O)[O-])c1. The van der Waals surface area contributed by atoms with E-state index in [-0.39, 0.29) is 17.9 Å². The number of nitro groups is 2. The average molecular weight is 429 g/mol. The molecule has 0 aromatic heterocycles. The van der Waals surface area contributed by atoms with Gasteiger partial charge < -0.3 is 9.41 Å². The van der Waals surface area contributed by atoms with Crippen LogP contribution in [-0.2, 0) is 6.54 Å². The van der Waals surface area contributed by atoms with Gasteiger partial charge in [0.2, 0.25) is 5.75 Å². The van der Waals surface area contributed by atoms with Gasteiger partial charge in [-0.2, -0.15) is 0 Å². The van der Waals surface area contributed by atoms with Gasteiger partial charge in [0.05, 0.1) is 22.1 Å². The molecule has 0 atom stereocenters. The number of non-ortho nitro benzene ring substituents is 1. The van der Waals surface area contributed by atoms with Crippen LogP contribution in [0.5, 0.6) is 5.75 Å². The van der Waals surface area contributed by atoms with Gasteiger partial charge in [0.15, 0.2) is 5.82 Å². The molecule has 0 saturated carbocycles. The number of benzene rings is 3. The molecule has 8 nitrogen and oxygen atoms in total. The third-order valence-corrected chi connectivity index (χ3v) is 5.47. The highest BCUT2D eigenvalue weighted by atomic mass is 32.2. The lowest BCUT2D eigenvalue weighted by atomic mass is 10.2. The number of phenols is 1. The van der Waals surface area contributed by atoms with Crippen LogP contribution in [0.15, 0.2) is 65.6 Å². The summed E-state index contributed by atoms with van der Waals surface area (Å²) in [6.45, 7) is 2.00. The normalized spacial score (nSPS) is 10.6. The number of aromatic hydroxyl groups is 1. The van der Waals surface area contributed by atoms with Gasteiger partial charge in [-0.1, -0.05) is 36.4 Å². The molecule has 1 N–H and O–H groups in total. The van der Waals surface area contributed by atoms with Crippen molar-refractivity contribution in [1.82, 2.24) is 0 Å². The molecule has 3 aromatic rings. The molecule has 0 saturated heterocycles. The summed E-state index contributed by atoms with van der Waals surface area (Å²) in [5.41, 5.74) is 0.850. The predicted octanol–water partition coefficient (Wildman–Crippen LogP) is 5.37. The molecule has 0 radical (unpaired) electrons. The molecule has 0 aliphatic rings. The lowest BCUT2D eigenvalue weighted by Gasteiger charge is -2.24. The molecule has 30 heavy (non-hydrogen) atoms. The minimum atomic E-state index is -1.13. The van der Waals surface area contributed by atoms with Gasteiger partial charge in [0, 0.05) is 29.2 Å². The molecule has 0 fully saturated rings. The number of hydrogen-bond donors (Lipinski definition) is 1. The number of anilines is 1. The van der Waals surface area contributed by atoms with Gasteiger partial charge in [-0.25, -0.2) is 4.39 Å². The number of hydrogen-bond acceptors (Lipinski definition) is 7. The van der Waals surface area contributed by atoms with Crippen molar-refractivity contribution in [2.45, 2.75) is 18.4 Å². The topological polar surface area (TPSA) is 110 Å². The number of nitro benzene ring substituents is 2. The van der Waals surface area contributed by atoms with Crippen LogP contribution in [0.1, 0.15) is 11.1 Å². The standard InChI is InChI=1S/C20H16FN3O5S/c1-13-7-8-15(23(26)27)11-19(13)30-22(12-14-5-3-2-4-6-14)16-9-17(21)20(25)18(10-16)24(28)29/h2-11,25H,12H2,1H3. The zero-order chi connectivity index (χ0) is 21.8. The van der Waals surface area contributed by atoms with Crippen molar-refractivity contribution in [3.63, 3.8) is 0 Å². The van der Waals surface area contributed by atoms with E-state index in [0.717, 1.165) is 35.2 Å². The molecule has 0 aliphatic heterocycles. The summed E-state index contributed by atoms with van der Waals surface area (Å²) >= 11 is 1.09. The summed E-state index contributed by atoms with van der Waals surface area (Å²) in [6, 6.07) is 15.6. The maximum absolute atomic E-state index is 14.2. The van der Waals surface area contributed by atoms with Crippen molar-refractivity contribution in [3.8, 4) is 5.75 Å². The zero-order valence-corrected chi connectivity index (χ0v) is 16.5. The second kappa shape index (κ2) is 8.78. The Morgan fingerprint density at radius 1 is 1.03 bits per heavy atom. The first kappa shape index (κ1) is 21.1. The van der Waals surface area contributed by atoms with Crippen LogP contribution in [0.2, 0.25) is 0 Å². The van der Waals surface area contributed by atoms with Gasteiger partial charge in [-0.15, -0.1) is 0 Å². The fourth-order valence-corrected chi connectivity index (χ4v) is 3.75. The van der Waals surface area contributed by atoms with E-state index in [2.05, 4.69) is 0 Å². The third-order valence-electron chi connectivity index (χ3n) is 4.27. The van der Waals surface area contributed by atoms with Gasteiger partial charge in [-0.3, -0.25) is 20.2 Å². The second-order valence-electron chi connectivity index (χ2n) is 6.37. The lowest BCUT2D eigenvalue weighted by molar-refractivity contribution is -0.386. The maximum Gasteiger partial charge on any atom is 0.315 e. The van der Waals surface area contributed by atoms with Gasteiger partial charge in [0.25, 0.3) is 5.69 Å². The van der Waals surface area contributed by atoms with E-state index in [1.165, 1.54) is 12.1 Å². The number of halogens is 1. The highest BCUT2D eigenvalue weighted by Gasteiger charge is 2.23. The van der Waals surface area contributed by atoms with E-state index in [0.29, 0.717) is 4.90 Å². The summed E-state index contributed by atoms with van der Waals surface area (Å²) in [6.07, 6.45) is 0. The Morgan fingerprint density at radius 2 is 1.73 bits per heavy atom. The van der Waals surface area contributed by atoms with Crippen molar-refractivity contribution >= 4 is 29.0 Å². The third kappa shape index (κ3) is 4.66. The van der Waals surface area contributed by atoms with Gasteiger partial charge in [0.1, 0.15) is 0 Å². The Morgan fingerprint density at radius 3 is 2.37 bits per heavy atom. The molecule has 0 aliphatic carbocycles. The highest BCUT2D eigenvalue weighted by molar-refractivity contribution is 8.00. The first-order valence-electron chi connectivity index (χ1n) is 8.67. The zero-order valence-electron chi connectivity index (χ0n) is 15.7. The molecule has 10 heteroatoms. The van der Waals surface area contributed by atoms with Crippen LogP contribution < -0.4 is 4.31 Å². The molecule has 0 bridgehead atoms. The molecule has 0 amide bonds. The minimum absolute atomic E-state index is 0.106. The highest BCUT2D eigenvalue weighted by Crippen LogP contribution is 2.39. The van der Waals surface area contributed by atoms with E-state index in [1.807, 2.05) is 30.3 Å². The Labute approximate surface area is 175 Å². The van der Waals surface area contributed by atoms with Crippen molar-refractivity contribution in [3.05, 3.63) is 97.8 Å². The summed E-state index contributed by atoms with van der Waals surface area (Å²) in [5, 5.41) is 32.0. The predicted molar refractivity (Wildman–Crippen MR) is 111 cm³/mol. The molecule has 0 heterocycles. The number of rotatable bonds is 7. The first-order valence-corrected chi connectivity index (χ1v) is 9.45. The van der Waals surface area contributed by atoms with Crippen molar-refractivity contribution in [1.29, 1.82) is 0 Å². The number of aryl methyl sites for hydroxylation is 1. The summed E-state index contributed by atoms with van der Waals surface area (Å²) in [5.74, 6) is -2.17. The molecule has 3 aromatic carbocycles.